The Balaban J connectivity index is 1.86. The van der Waals surface area contributed by atoms with E-state index in [2.05, 4.69) is 0 Å². The number of halogens is 1. The van der Waals surface area contributed by atoms with Crippen LogP contribution in [-0.2, 0) is 10.2 Å². The summed E-state index contributed by atoms with van der Waals surface area (Å²) in [7, 11) is 0. The third kappa shape index (κ3) is 1.95. The smallest absolute Gasteiger partial charge is 0.123 e. The van der Waals surface area contributed by atoms with Crippen molar-refractivity contribution in [3.05, 3.63) is 35.6 Å². The predicted octanol–water partition coefficient (Wildman–Crippen LogP) is 2.61. The van der Waals surface area contributed by atoms with Gasteiger partial charge in [0.25, 0.3) is 0 Å². The Morgan fingerprint density at radius 2 is 1.89 bits per heavy atom. The third-order valence-corrected chi connectivity index (χ3v) is 4.67. The molecule has 1 aromatic rings. The maximum atomic E-state index is 13.4. The Morgan fingerprint density at radius 3 is 2.44 bits per heavy atom. The van der Waals surface area contributed by atoms with Crippen molar-refractivity contribution in [2.24, 2.45) is 11.7 Å². The van der Waals surface area contributed by atoms with Crippen LogP contribution < -0.4 is 5.73 Å². The van der Waals surface area contributed by atoms with Gasteiger partial charge in [0.1, 0.15) is 5.82 Å². The van der Waals surface area contributed by atoms with E-state index in [1.165, 1.54) is 6.07 Å². The normalized spacial score (nSPS) is 30.8. The van der Waals surface area contributed by atoms with E-state index in [1.807, 2.05) is 6.07 Å². The highest BCUT2D eigenvalue weighted by Crippen LogP contribution is 2.45. The number of rotatable bonds is 2. The van der Waals surface area contributed by atoms with Crippen molar-refractivity contribution in [2.75, 3.05) is 13.2 Å². The SMILES string of the molecule is NC1CCC(C2(c3cccc(F)c3)COC2)CC1. The zero-order chi connectivity index (χ0) is 12.6. The summed E-state index contributed by atoms with van der Waals surface area (Å²) in [6, 6.07) is 7.39. The van der Waals surface area contributed by atoms with Crippen LogP contribution in [0.4, 0.5) is 4.39 Å². The summed E-state index contributed by atoms with van der Waals surface area (Å²) in [4.78, 5) is 0. The summed E-state index contributed by atoms with van der Waals surface area (Å²) in [6.45, 7) is 1.46. The third-order valence-electron chi connectivity index (χ3n) is 4.67. The zero-order valence-corrected chi connectivity index (χ0v) is 10.6. The fourth-order valence-corrected chi connectivity index (χ4v) is 3.43. The maximum absolute atomic E-state index is 13.4. The van der Waals surface area contributed by atoms with Crippen LogP contribution in [0.25, 0.3) is 0 Å². The first-order valence-corrected chi connectivity index (χ1v) is 6.80. The van der Waals surface area contributed by atoms with Crippen molar-refractivity contribution in [3.63, 3.8) is 0 Å². The van der Waals surface area contributed by atoms with E-state index >= 15 is 0 Å². The van der Waals surface area contributed by atoms with E-state index < -0.39 is 0 Å². The van der Waals surface area contributed by atoms with Gasteiger partial charge in [0.05, 0.1) is 13.2 Å². The predicted molar refractivity (Wildman–Crippen MR) is 68.8 cm³/mol. The molecule has 1 aliphatic heterocycles. The molecule has 0 atom stereocenters. The molecule has 3 heteroatoms. The Labute approximate surface area is 107 Å². The molecule has 0 bridgehead atoms. The quantitative estimate of drug-likeness (QED) is 0.874. The summed E-state index contributed by atoms with van der Waals surface area (Å²) >= 11 is 0. The van der Waals surface area contributed by atoms with E-state index in [0.717, 1.165) is 44.5 Å². The van der Waals surface area contributed by atoms with E-state index in [-0.39, 0.29) is 11.2 Å². The Bertz CT molecular complexity index is 422. The van der Waals surface area contributed by atoms with Crippen molar-refractivity contribution >= 4 is 0 Å². The minimum atomic E-state index is -0.147. The second-order valence-electron chi connectivity index (χ2n) is 5.77. The molecular formula is C15H20FNO. The fourth-order valence-electron chi connectivity index (χ4n) is 3.43. The van der Waals surface area contributed by atoms with Crippen molar-refractivity contribution in [1.82, 2.24) is 0 Å². The van der Waals surface area contributed by atoms with Gasteiger partial charge < -0.3 is 10.5 Å². The number of nitrogens with two attached hydrogens (primary N) is 1. The molecule has 18 heavy (non-hydrogen) atoms. The second-order valence-corrected chi connectivity index (χ2v) is 5.77. The lowest BCUT2D eigenvalue weighted by molar-refractivity contribution is -0.0985. The minimum absolute atomic E-state index is 0.0439. The number of hydrogen-bond donors (Lipinski definition) is 1. The summed E-state index contributed by atoms with van der Waals surface area (Å²) < 4.78 is 18.9. The van der Waals surface area contributed by atoms with E-state index in [9.17, 15) is 4.39 Å². The van der Waals surface area contributed by atoms with Gasteiger partial charge in [0, 0.05) is 11.5 Å². The molecule has 0 unspecified atom stereocenters. The van der Waals surface area contributed by atoms with E-state index in [0.29, 0.717) is 12.0 Å². The second kappa shape index (κ2) is 4.63. The van der Waals surface area contributed by atoms with Crippen LogP contribution in [0.1, 0.15) is 31.2 Å². The summed E-state index contributed by atoms with van der Waals surface area (Å²) in [5.41, 5.74) is 7.12. The molecule has 0 radical (unpaired) electrons. The highest BCUT2D eigenvalue weighted by molar-refractivity contribution is 5.30. The fraction of sp³-hybridized carbons (Fsp3) is 0.600. The zero-order valence-electron chi connectivity index (χ0n) is 10.6. The van der Waals surface area contributed by atoms with Crippen LogP contribution >= 0.6 is 0 Å². The molecule has 2 nitrogen and oxygen atoms in total. The van der Waals surface area contributed by atoms with E-state index in [1.54, 1.807) is 12.1 Å². The highest BCUT2D eigenvalue weighted by Gasteiger charge is 2.47. The van der Waals surface area contributed by atoms with Gasteiger partial charge in [0.2, 0.25) is 0 Å². The average molecular weight is 249 g/mol. The molecule has 1 heterocycles. The molecule has 0 aromatic heterocycles. The lowest BCUT2D eigenvalue weighted by Gasteiger charge is -2.49. The van der Waals surface area contributed by atoms with Gasteiger partial charge >= 0.3 is 0 Å². The number of ether oxygens (including phenoxy) is 1. The molecule has 0 spiro atoms. The van der Waals surface area contributed by atoms with Crippen LogP contribution in [0.2, 0.25) is 0 Å². The monoisotopic (exact) mass is 249 g/mol. The van der Waals surface area contributed by atoms with Gasteiger partial charge in [0.15, 0.2) is 0 Å². The van der Waals surface area contributed by atoms with Gasteiger partial charge in [-0.2, -0.15) is 0 Å². The Kier molecular flexibility index (Phi) is 3.12. The van der Waals surface area contributed by atoms with Crippen molar-refractivity contribution in [1.29, 1.82) is 0 Å². The summed E-state index contributed by atoms with van der Waals surface area (Å²) in [5, 5.41) is 0. The first kappa shape index (κ1) is 12.1. The average Bonchev–Trinajstić information content (AvgIpc) is 2.30. The van der Waals surface area contributed by atoms with Gasteiger partial charge in [-0.3, -0.25) is 0 Å². The molecule has 0 amide bonds. The lowest BCUT2D eigenvalue weighted by atomic mass is 9.63. The van der Waals surface area contributed by atoms with Crippen LogP contribution in [0, 0.1) is 11.7 Å². The lowest BCUT2D eigenvalue weighted by Crippen LogP contribution is -2.53. The first-order chi connectivity index (χ1) is 8.71. The first-order valence-electron chi connectivity index (χ1n) is 6.80. The molecule has 1 saturated carbocycles. The molecule has 2 N–H and O–H groups in total. The summed E-state index contributed by atoms with van der Waals surface area (Å²) in [6.07, 6.45) is 4.45. The molecule has 98 valence electrons. The van der Waals surface area contributed by atoms with Gasteiger partial charge in [-0.05, 0) is 49.3 Å². The van der Waals surface area contributed by atoms with Crippen molar-refractivity contribution < 1.29 is 9.13 Å². The standard InChI is InChI=1S/C15H20FNO/c16-13-3-1-2-12(8-13)15(9-18-10-15)11-4-6-14(17)7-5-11/h1-3,8,11,14H,4-7,9-10,17H2. The van der Waals surface area contributed by atoms with Crippen LogP contribution in [0.15, 0.2) is 24.3 Å². The van der Waals surface area contributed by atoms with Crippen molar-refractivity contribution in [3.8, 4) is 0 Å². The number of benzene rings is 1. The molecule has 1 aliphatic carbocycles. The molecule has 1 aromatic carbocycles. The van der Waals surface area contributed by atoms with E-state index in [4.69, 9.17) is 10.5 Å². The number of hydrogen-bond acceptors (Lipinski definition) is 2. The molecular weight excluding hydrogens is 229 g/mol. The van der Waals surface area contributed by atoms with Gasteiger partial charge in [-0.15, -0.1) is 0 Å². The molecule has 3 rings (SSSR count). The van der Waals surface area contributed by atoms with Gasteiger partial charge in [-0.25, -0.2) is 4.39 Å². The molecule has 2 fully saturated rings. The van der Waals surface area contributed by atoms with Crippen LogP contribution in [0.5, 0.6) is 0 Å². The maximum Gasteiger partial charge on any atom is 0.123 e. The molecule has 2 aliphatic rings. The van der Waals surface area contributed by atoms with Crippen molar-refractivity contribution in [2.45, 2.75) is 37.1 Å². The highest BCUT2D eigenvalue weighted by atomic mass is 19.1. The topological polar surface area (TPSA) is 35.2 Å². The minimum Gasteiger partial charge on any atom is -0.379 e. The van der Waals surface area contributed by atoms with Crippen LogP contribution in [-0.4, -0.2) is 19.3 Å². The molecule has 1 saturated heterocycles. The Hall–Kier alpha value is -0.930. The van der Waals surface area contributed by atoms with Gasteiger partial charge in [-0.1, -0.05) is 12.1 Å². The largest absolute Gasteiger partial charge is 0.379 e. The summed E-state index contributed by atoms with van der Waals surface area (Å²) in [5.74, 6) is 0.444. The van der Waals surface area contributed by atoms with Crippen LogP contribution in [0.3, 0.4) is 0 Å². The Morgan fingerprint density at radius 1 is 1.17 bits per heavy atom.